The normalized spacial score (nSPS) is 12.0. The Morgan fingerprint density at radius 1 is 1.62 bits per heavy atom. The minimum Gasteiger partial charge on any atom is -0.469 e. The maximum Gasteiger partial charge on any atom is 0.310 e. The van der Waals surface area contributed by atoms with E-state index in [1.165, 1.54) is 19.2 Å². The molecule has 0 fully saturated rings. The van der Waals surface area contributed by atoms with Crippen molar-refractivity contribution in [1.29, 1.82) is 0 Å². The summed E-state index contributed by atoms with van der Waals surface area (Å²) in [6, 6.07) is 4.31. The molecule has 0 aliphatic rings. The second-order valence-corrected chi connectivity index (χ2v) is 3.84. The number of ether oxygens (including phenoxy) is 1. The summed E-state index contributed by atoms with van der Waals surface area (Å²) in [6.45, 7) is 2.15. The molecule has 0 aromatic heterocycles. The van der Waals surface area contributed by atoms with Gasteiger partial charge in [0.15, 0.2) is 0 Å². The van der Waals surface area contributed by atoms with Gasteiger partial charge in [-0.25, -0.2) is 4.39 Å². The third kappa shape index (κ3) is 3.38. The van der Waals surface area contributed by atoms with Gasteiger partial charge in [0.1, 0.15) is 5.82 Å². The number of carbonyl (C=O) groups excluding carboxylic acids is 1. The number of nitrogens with one attached hydrogen (secondary N) is 1. The molecule has 0 amide bonds. The lowest BCUT2D eigenvalue weighted by Gasteiger charge is -2.11. The Labute approximate surface area is 98.5 Å². The number of rotatable bonds is 4. The van der Waals surface area contributed by atoms with E-state index in [1.54, 1.807) is 13.0 Å². The first-order chi connectivity index (χ1) is 7.54. The average Bonchev–Trinajstić information content (AvgIpc) is 2.29. The van der Waals surface area contributed by atoms with Crippen LogP contribution in [-0.4, -0.2) is 19.6 Å². The Morgan fingerprint density at radius 2 is 2.31 bits per heavy atom. The highest BCUT2D eigenvalue weighted by Gasteiger charge is 2.12. The summed E-state index contributed by atoms with van der Waals surface area (Å²) < 4.78 is 17.4. The minimum absolute atomic E-state index is 0.0516. The largest absolute Gasteiger partial charge is 0.469 e. The molecule has 1 N–H and O–H groups in total. The molecule has 88 valence electrons. The standard InChI is InChI=1S/C11H13ClFNO2/c1-7(11(15)16-2)6-14-8-3-4-10(13)9(12)5-8/h3-5,7,14H,6H2,1-2H3. The van der Waals surface area contributed by atoms with Crippen molar-refractivity contribution in [3.63, 3.8) is 0 Å². The number of benzene rings is 1. The summed E-state index contributed by atoms with van der Waals surface area (Å²) >= 11 is 5.61. The van der Waals surface area contributed by atoms with Gasteiger partial charge in [-0.2, -0.15) is 0 Å². The number of hydrogen-bond acceptors (Lipinski definition) is 3. The zero-order chi connectivity index (χ0) is 12.1. The van der Waals surface area contributed by atoms with Crippen LogP contribution < -0.4 is 5.32 Å². The Kier molecular flexibility index (Phi) is 4.55. The molecule has 1 atom stereocenters. The molecule has 1 unspecified atom stereocenters. The average molecular weight is 246 g/mol. The van der Waals surface area contributed by atoms with E-state index in [2.05, 4.69) is 10.1 Å². The van der Waals surface area contributed by atoms with E-state index >= 15 is 0 Å². The van der Waals surface area contributed by atoms with E-state index < -0.39 is 5.82 Å². The molecule has 1 rings (SSSR count). The van der Waals surface area contributed by atoms with Crippen molar-refractivity contribution in [2.75, 3.05) is 19.0 Å². The monoisotopic (exact) mass is 245 g/mol. The first-order valence-electron chi connectivity index (χ1n) is 4.81. The lowest BCUT2D eigenvalue weighted by atomic mass is 10.2. The topological polar surface area (TPSA) is 38.3 Å². The minimum atomic E-state index is -0.465. The highest BCUT2D eigenvalue weighted by Crippen LogP contribution is 2.19. The third-order valence-electron chi connectivity index (χ3n) is 2.14. The maximum atomic E-state index is 12.8. The van der Waals surface area contributed by atoms with Crippen molar-refractivity contribution in [3.05, 3.63) is 29.0 Å². The summed E-state index contributed by atoms with van der Waals surface area (Å²) in [5, 5.41) is 3.03. The Hall–Kier alpha value is -1.29. The van der Waals surface area contributed by atoms with Gasteiger partial charge in [-0.15, -0.1) is 0 Å². The van der Waals surface area contributed by atoms with Gasteiger partial charge in [-0.05, 0) is 18.2 Å². The van der Waals surface area contributed by atoms with Crippen molar-refractivity contribution in [2.24, 2.45) is 5.92 Å². The van der Waals surface area contributed by atoms with Crippen molar-refractivity contribution < 1.29 is 13.9 Å². The lowest BCUT2D eigenvalue weighted by Crippen LogP contribution is -2.21. The molecule has 0 spiro atoms. The predicted molar refractivity (Wildman–Crippen MR) is 61.1 cm³/mol. The predicted octanol–water partition coefficient (Wildman–Crippen LogP) is 2.70. The molecule has 1 aromatic carbocycles. The third-order valence-corrected chi connectivity index (χ3v) is 2.43. The molecule has 0 radical (unpaired) electrons. The van der Waals surface area contributed by atoms with Crippen molar-refractivity contribution in [3.8, 4) is 0 Å². The van der Waals surface area contributed by atoms with Crippen LogP contribution >= 0.6 is 11.6 Å². The first-order valence-corrected chi connectivity index (χ1v) is 5.19. The van der Waals surface area contributed by atoms with Gasteiger partial charge < -0.3 is 10.1 Å². The summed E-state index contributed by atoms with van der Waals surface area (Å²) in [5.74, 6) is -1.03. The smallest absolute Gasteiger partial charge is 0.310 e. The Bertz CT molecular complexity index is 384. The summed E-state index contributed by atoms with van der Waals surface area (Å²) in [6.07, 6.45) is 0. The second-order valence-electron chi connectivity index (χ2n) is 3.43. The Morgan fingerprint density at radius 3 is 2.88 bits per heavy atom. The van der Waals surface area contributed by atoms with Crippen molar-refractivity contribution in [1.82, 2.24) is 0 Å². The van der Waals surface area contributed by atoms with Crippen LogP contribution in [0.4, 0.5) is 10.1 Å². The van der Waals surface area contributed by atoms with Crippen LogP contribution in [0.1, 0.15) is 6.92 Å². The highest BCUT2D eigenvalue weighted by molar-refractivity contribution is 6.31. The van der Waals surface area contributed by atoms with E-state index in [9.17, 15) is 9.18 Å². The number of methoxy groups -OCH3 is 1. The fourth-order valence-electron chi connectivity index (χ4n) is 1.16. The Balaban J connectivity index is 2.55. The maximum absolute atomic E-state index is 12.8. The van der Waals surface area contributed by atoms with E-state index in [0.717, 1.165) is 0 Å². The van der Waals surface area contributed by atoms with Crippen LogP contribution in [0, 0.1) is 11.7 Å². The number of carbonyl (C=O) groups is 1. The van der Waals surface area contributed by atoms with Crippen molar-refractivity contribution >= 4 is 23.3 Å². The van der Waals surface area contributed by atoms with Crippen LogP contribution in [0.25, 0.3) is 0 Å². The van der Waals surface area contributed by atoms with Gasteiger partial charge in [0.25, 0.3) is 0 Å². The van der Waals surface area contributed by atoms with Gasteiger partial charge in [0, 0.05) is 12.2 Å². The highest BCUT2D eigenvalue weighted by atomic mass is 35.5. The lowest BCUT2D eigenvalue weighted by molar-refractivity contribution is -0.144. The van der Waals surface area contributed by atoms with E-state index in [4.69, 9.17) is 11.6 Å². The summed E-state index contributed by atoms with van der Waals surface area (Å²) in [7, 11) is 1.34. The zero-order valence-electron chi connectivity index (χ0n) is 9.09. The molecule has 0 saturated carbocycles. The molecule has 0 heterocycles. The molecule has 0 aliphatic carbocycles. The van der Waals surface area contributed by atoms with E-state index in [0.29, 0.717) is 12.2 Å². The van der Waals surface area contributed by atoms with E-state index in [1.807, 2.05) is 0 Å². The zero-order valence-corrected chi connectivity index (χ0v) is 9.84. The molecule has 16 heavy (non-hydrogen) atoms. The SMILES string of the molecule is COC(=O)C(C)CNc1ccc(F)c(Cl)c1. The fourth-order valence-corrected chi connectivity index (χ4v) is 1.34. The number of hydrogen-bond donors (Lipinski definition) is 1. The van der Waals surface area contributed by atoms with Crippen LogP contribution in [0.3, 0.4) is 0 Å². The van der Waals surface area contributed by atoms with Gasteiger partial charge in [-0.1, -0.05) is 18.5 Å². The molecule has 3 nitrogen and oxygen atoms in total. The molecule has 1 aromatic rings. The van der Waals surface area contributed by atoms with E-state index in [-0.39, 0.29) is 16.9 Å². The number of esters is 1. The van der Waals surface area contributed by atoms with Crippen LogP contribution in [0.15, 0.2) is 18.2 Å². The van der Waals surface area contributed by atoms with Gasteiger partial charge in [0.2, 0.25) is 0 Å². The van der Waals surface area contributed by atoms with Gasteiger partial charge in [0.05, 0.1) is 18.1 Å². The first kappa shape index (κ1) is 12.8. The number of halogens is 2. The van der Waals surface area contributed by atoms with Crippen LogP contribution in [0.5, 0.6) is 0 Å². The fraction of sp³-hybridized carbons (Fsp3) is 0.364. The quantitative estimate of drug-likeness (QED) is 0.829. The molecular weight excluding hydrogens is 233 g/mol. The molecule has 0 aliphatic heterocycles. The van der Waals surface area contributed by atoms with Crippen LogP contribution in [0.2, 0.25) is 5.02 Å². The molecule has 0 saturated heterocycles. The molecule has 5 heteroatoms. The summed E-state index contributed by atoms with van der Waals surface area (Å²) in [4.78, 5) is 11.1. The molecular formula is C11H13ClFNO2. The van der Waals surface area contributed by atoms with Crippen LogP contribution in [-0.2, 0) is 9.53 Å². The van der Waals surface area contributed by atoms with Gasteiger partial charge in [-0.3, -0.25) is 4.79 Å². The summed E-state index contributed by atoms with van der Waals surface area (Å²) in [5.41, 5.74) is 0.669. The molecule has 0 bridgehead atoms. The van der Waals surface area contributed by atoms with Crippen molar-refractivity contribution in [2.45, 2.75) is 6.92 Å². The number of anilines is 1. The second kappa shape index (κ2) is 5.70. The van der Waals surface area contributed by atoms with Gasteiger partial charge >= 0.3 is 5.97 Å².